The summed E-state index contributed by atoms with van der Waals surface area (Å²) in [6.45, 7) is 3.90. The van der Waals surface area contributed by atoms with Crippen molar-refractivity contribution in [2.45, 2.75) is 39.3 Å². The van der Waals surface area contributed by atoms with Crippen molar-refractivity contribution in [1.29, 1.82) is 0 Å². The normalized spacial score (nSPS) is 12.8. The van der Waals surface area contributed by atoms with Gasteiger partial charge in [0.15, 0.2) is 0 Å². The molecule has 1 N–H and O–H groups in total. The van der Waals surface area contributed by atoms with Gasteiger partial charge in [0.2, 0.25) is 0 Å². The van der Waals surface area contributed by atoms with Crippen LogP contribution in [0, 0.1) is 5.41 Å². The fourth-order valence-electron chi connectivity index (χ4n) is 2.07. The predicted octanol–water partition coefficient (Wildman–Crippen LogP) is 4.05. The van der Waals surface area contributed by atoms with Crippen LogP contribution in [-0.2, 0) is 12.6 Å². The van der Waals surface area contributed by atoms with Crippen molar-refractivity contribution in [3.05, 3.63) is 35.4 Å². The Bertz CT molecular complexity index is 373. The zero-order chi connectivity index (χ0) is 13.8. The number of hydrogen-bond acceptors (Lipinski definition) is 1. The van der Waals surface area contributed by atoms with Gasteiger partial charge in [-0.1, -0.05) is 32.0 Å². The summed E-state index contributed by atoms with van der Waals surface area (Å²) in [7, 11) is 0. The van der Waals surface area contributed by atoms with Crippen LogP contribution >= 0.6 is 0 Å². The van der Waals surface area contributed by atoms with Gasteiger partial charge in [0.1, 0.15) is 0 Å². The van der Waals surface area contributed by atoms with Crippen LogP contribution < -0.4 is 0 Å². The number of hydrogen-bond donors (Lipinski definition) is 1. The molecule has 0 unspecified atom stereocenters. The SMILES string of the molecule is CCC(CC)(CO)Cc1cccc(C(F)(F)F)c1. The molecule has 0 aliphatic rings. The lowest BCUT2D eigenvalue weighted by atomic mass is 9.77. The summed E-state index contributed by atoms with van der Waals surface area (Å²) in [5.41, 5.74) is -0.314. The van der Waals surface area contributed by atoms with E-state index in [1.807, 2.05) is 13.8 Å². The molecule has 1 nitrogen and oxygen atoms in total. The Balaban J connectivity index is 2.98. The standard InChI is InChI=1S/C14H19F3O/c1-3-13(4-2,10-18)9-11-6-5-7-12(8-11)14(15,16)17/h5-8,18H,3-4,9-10H2,1-2H3. The second-order valence-electron chi connectivity index (χ2n) is 4.74. The first-order chi connectivity index (χ1) is 8.37. The lowest BCUT2D eigenvalue weighted by Gasteiger charge is -2.29. The molecule has 0 amide bonds. The molecular weight excluding hydrogens is 241 g/mol. The monoisotopic (exact) mass is 260 g/mol. The minimum atomic E-state index is -4.31. The highest BCUT2D eigenvalue weighted by Gasteiger charge is 2.31. The van der Waals surface area contributed by atoms with Crippen LogP contribution in [-0.4, -0.2) is 11.7 Å². The molecule has 0 heterocycles. The molecule has 0 atom stereocenters. The first-order valence-electron chi connectivity index (χ1n) is 6.14. The Morgan fingerprint density at radius 2 is 1.72 bits per heavy atom. The third kappa shape index (κ3) is 3.48. The average Bonchev–Trinajstić information content (AvgIpc) is 2.35. The van der Waals surface area contributed by atoms with Gasteiger partial charge < -0.3 is 5.11 Å². The van der Waals surface area contributed by atoms with Crippen molar-refractivity contribution in [3.63, 3.8) is 0 Å². The molecule has 1 aromatic rings. The molecular formula is C14H19F3O. The van der Waals surface area contributed by atoms with E-state index in [4.69, 9.17) is 0 Å². The summed E-state index contributed by atoms with van der Waals surface area (Å²) in [5.74, 6) is 0. The maximum Gasteiger partial charge on any atom is 0.416 e. The van der Waals surface area contributed by atoms with Crippen molar-refractivity contribution >= 4 is 0 Å². The fourth-order valence-corrected chi connectivity index (χ4v) is 2.07. The molecule has 0 aromatic heterocycles. The van der Waals surface area contributed by atoms with Crippen molar-refractivity contribution in [1.82, 2.24) is 0 Å². The Kier molecular flexibility index (Phi) is 4.79. The summed E-state index contributed by atoms with van der Waals surface area (Å²) >= 11 is 0. The molecule has 0 fully saturated rings. The van der Waals surface area contributed by atoms with Crippen LogP contribution in [0.3, 0.4) is 0 Å². The molecule has 1 aromatic carbocycles. The van der Waals surface area contributed by atoms with Gasteiger partial charge >= 0.3 is 6.18 Å². The maximum atomic E-state index is 12.6. The van der Waals surface area contributed by atoms with E-state index >= 15 is 0 Å². The average molecular weight is 260 g/mol. The van der Waals surface area contributed by atoms with E-state index in [2.05, 4.69) is 0 Å². The van der Waals surface area contributed by atoms with Gasteiger partial charge in [0.25, 0.3) is 0 Å². The van der Waals surface area contributed by atoms with Crippen molar-refractivity contribution < 1.29 is 18.3 Å². The molecule has 0 aliphatic heterocycles. The second kappa shape index (κ2) is 5.74. The van der Waals surface area contributed by atoms with Gasteiger partial charge in [-0.05, 0) is 36.3 Å². The number of aliphatic hydroxyl groups is 1. The Morgan fingerprint density at radius 3 is 2.17 bits per heavy atom. The van der Waals surface area contributed by atoms with Crippen molar-refractivity contribution in [3.8, 4) is 0 Å². The van der Waals surface area contributed by atoms with Gasteiger partial charge in [-0.25, -0.2) is 0 Å². The van der Waals surface area contributed by atoms with E-state index in [1.54, 1.807) is 6.07 Å². The molecule has 0 radical (unpaired) electrons. The van der Waals surface area contributed by atoms with Crippen LogP contribution in [0.5, 0.6) is 0 Å². The Morgan fingerprint density at radius 1 is 1.11 bits per heavy atom. The Labute approximate surface area is 106 Å². The summed E-state index contributed by atoms with van der Waals surface area (Å²) in [6, 6.07) is 5.36. The topological polar surface area (TPSA) is 20.2 Å². The summed E-state index contributed by atoms with van der Waals surface area (Å²) < 4.78 is 37.8. The van der Waals surface area contributed by atoms with Gasteiger partial charge in [-0.2, -0.15) is 13.2 Å². The molecule has 1 rings (SSSR count). The lowest BCUT2D eigenvalue weighted by molar-refractivity contribution is -0.137. The summed E-state index contributed by atoms with van der Waals surface area (Å²) in [5, 5.41) is 9.44. The number of halogens is 3. The first-order valence-corrected chi connectivity index (χ1v) is 6.14. The first kappa shape index (κ1) is 15.0. The third-order valence-electron chi connectivity index (χ3n) is 3.67. The van der Waals surface area contributed by atoms with Gasteiger partial charge in [-0.3, -0.25) is 0 Å². The number of aliphatic hydroxyl groups excluding tert-OH is 1. The molecule has 18 heavy (non-hydrogen) atoms. The van der Waals surface area contributed by atoms with Crippen LogP contribution in [0.25, 0.3) is 0 Å². The van der Waals surface area contributed by atoms with Gasteiger partial charge in [0.05, 0.1) is 5.56 Å². The van der Waals surface area contributed by atoms with E-state index in [9.17, 15) is 18.3 Å². The molecule has 4 heteroatoms. The molecule has 0 bridgehead atoms. The fraction of sp³-hybridized carbons (Fsp3) is 0.571. The molecule has 0 aliphatic carbocycles. The highest BCUT2D eigenvalue weighted by molar-refractivity contribution is 5.26. The zero-order valence-electron chi connectivity index (χ0n) is 10.7. The second-order valence-corrected chi connectivity index (χ2v) is 4.74. The number of alkyl halides is 3. The zero-order valence-corrected chi connectivity index (χ0v) is 10.7. The maximum absolute atomic E-state index is 12.6. The van der Waals surface area contributed by atoms with Crippen LogP contribution in [0.15, 0.2) is 24.3 Å². The summed E-state index contributed by atoms with van der Waals surface area (Å²) in [6.07, 6.45) is -2.34. The van der Waals surface area contributed by atoms with Crippen LogP contribution in [0.2, 0.25) is 0 Å². The van der Waals surface area contributed by atoms with E-state index in [1.165, 1.54) is 12.1 Å². The predicted molar refractivity (Wildman–Crippen MR) is 65.2 cm³/mol. The van der Waals surface area contributed by atoms with E-state index in [-0.39, 0.29) is 12.0 Å². The van der Waals surface area contributed by atoms with Crippen LogP contribution in [0.1, 0.15) is 37.8 Å². The van der Waals surface area contributed by atoms with E-state index < -0.39 is 11.7 Å². The van der Waals surface area contributed by atoms with Crippen molar-refractivity contribution in [2.75, 3.05) is 6.61 Å². The van der Waals surface area contributed by atoms with E-state index in [0.29, 0.717) is 12.0 Å². The molecule has 0 spiro atoms. The molecule has 0 saturated carbocycles. The Hall–Kier alpha value is -1.03. The number of rotatable bonds is 5. The number of benzene rings is 1. The van der Waals surface area contributed by atoms with Crippen molar-refractivity contribution in [2.24, 2.45) is 5.41 Å². The minimum Gasteiger partial charge on any atom is -0.396 e. The van der Waals surface area contributed by atoms with Gasteiger partial charge in [0, 0.05) is 6.61 Å². The van der Waals surface area contributed by atoms with E-state index in [0.717, 1.165) is 18.9 Å². The summed E-state index contributed by atoms with van der Waals surface area (Å²) in [4.78, 5) is 0. The molecule has 102 valence electrons. The van der Waals surface area contributed by atoms with Gasteiger partial charge in [-0.15, -0.1) is 0 Å². The smallest absolute Gasteiger partial charge is 0.396 e. The molecule has 0 saturated heterocycles. The third-order valence-corrected chi connectivity index (χ3v) is 3.67. The van der Waals surface area contributed by atoms with Crippen LogP contribution in [0.4, 0.5) is 13.2 Å². The highest BCUT2D eigenvalue weighted by Crippen LogP contribution is 2.33. The minimum absolute atomic E-state index is 0.00372. The quantitative estimate of drug-likeness (QED) is 0.847. The highest BCUT2D eigenvalue weighted by atomic mass is 19.4. The lowest BCUT2D eigenvalue weighted by Crippen LogP contribution is -2.26. The largest absolute Gasteiger partial charge is 0.416 e.